The third kappa shape index (κ3) is 2.41. The number of likely N-dealkylation sites (N-methyl/N-ethyl adjacent to an activating group) is 1. The van der Waals surface area contributed by atoms with E-state index in [1.807, 2.05) is 7.05 Å². The van der Waals surface area contributed by atoms with Crippen LogP contribution < -0.4 is 5.32 Å². The number of nitrogens with one attached hydrogen (secondary N) is 1. The molecule has 2 rings (SSSR count). The third-order valence-corrected chi connectivity index (χ3v) is 3.63. The summed E-state index contributed by atoms with van der Waals surface area (Å²) in [5, 5.41) is 3.39. The molecule has 0 aliphatic rings. The second-order valence-corrected chi connectivity index (χ2v) is 5.10. The van der Waals surface area contributed by atoms with Gasteiger partial charge in [-0.3, -0.25) is 0 Å². The molecule has 0 amide bonds. The zero-order valence-corrected chi connectivity index (χ0v) is 11.8. The van der Waals surface area contributed by atoms with E-state index in [0.29, 0.717) is 12.0 Å². The number of rotatable bonds is 5. The minimum absolute atomic E-state index is 0.479. The Bertz CT molecular complexity index is 513. The number of imidazole rings is 1. The Balaban J connectivity index is 2.38. The lowest BCUT2D eigenvalue weighted by molar-refractivity contribution is 0.413. The molecule has 3 heteroatoms. The van der Waals surface area contributed by atoms with Gasteiger partial charge >= 0.3 is 0 Å². The molecule has 0 saturated carbocycles. The largest absolute Gasteiger partial charge is 0.328 e. The summed E-state index contributed by atoms with van der Waals surface area (Å²) in [7, 11) is 2.03. The van der Waals surface area contributed by atoms with Crippen LogP contribution >= 0.6 is 0 Å². The van der Waals surface area contributed by atoms with Crippen LogP contribution in [-0.2, 0) is 13.0 Å². The van der Waals surface area contributed by atoms with Crippen molar-refractivity contribution in [3.8, 4) is 0 Å². The number of aromatic nitrogens is 2. The van der Waals surface area contributed by atoms with Crippen molar-refractivity contribution in [1.29, 1.82) is 0 Å². The number of aryl methyl sites for hydroxylation is 1. The Morgan fingerprint density at radius 3 is 2.61 bits per heavy atom. The number of nitrogens with zero attached hydrogens (tertiary/aromatic N) is 2. The minimum atomic E-state index is 0.479. The zero-order valence-electron chi connectivity index (χ0n) is 11.8. The Hall–Kier alpha value is -1.35. The average molecular weight is 245 g/mol. The van der Waals surface area contributed by atoms with Crippen LogP contribution in [0.3, 0.4) is 0 Å². The lowest BCUT2D eigenvalue weighted by Gasteiger charge is -2.20. The highest BCUT2D eigenvalue weighted by molar-refractivity contribution is 5.75. The molecule has 3 nitrogen and oxygen atoms in total. The maximum absolute atomic E-state index is 4.78. The molecule has 0 bridgehead atoms. The Morgan fingerprint density at radius 1 is 1.28 bits per heavy atom. The number of hydrogen-bond acceptors (Lipinski definition) is 2. The summed E-state index contributed by atoms with van der Waals surface area (Å²) in [5.74, 6) is 1.80. The van der Waals surface area contributed by atoms with Crippen molar-refractivity contribution in [1.82, 2.24) is 14.9 Å². The van der Waals surface area contributed by atoms with E-state index >= 15 is 0 Å². The van der Waals surface area contributed by atoms with Crippen molar-refractivity contribution < 1.29 is 0 Å². The molecule has 1 aromatic heterocycles. The van der Waals surface area contributed by atoms with Crippen molar-refractivity contribution in [2.75, 3.05) is 7.05 Å². The standard InChI is InChI=1S/C15H23N3/c1-5-18-14-9-7-6-8-12(14)17-15(18)10-13(16-4)11(2)3/h6-9,11,13,16H,5,10H2,1-4H3. The highest BCUT2D eigenvalue weighted by Crippen LogP contribution is 2.18. The third-order valence-electron chi connectivity index (χ3n) is 3.63. The van der Waals surface area contributed by atoms with E-state index in [-0.39, 0.29) is 0 Å². The van der Waals surface area contributed by atoms with Crippen molar-refractivity contribution >= 4 is 11.0 Å². The molecule has 98 valence electrons. The summed E-state index contributed by atoms with van der Waals surface area (Å²) < 4.78 is 2.32. The first-order valence-electron chi connectivity index (χ1n) is 6.78. The first kappa shape index (κ1) is 13.1. The van der Waals surface area contributed by atoms with Gasteiger partial charge in [-0.05, 0) is 32.0 Å². The fraction of sp³-hybridized carbons (Fsp3) is 0.533. The van der Waals surface area contributed by atoms with Gasteiger partial charge in [-0.1, -0.05) is 26.0 Å². The average Bonchev–Trinajstić information content (AvgIpc) is 2.72. The van der Waals surface area contributed by atoms with E-state index in [2.05, 4.69) is 54.9 Å². The molecule has 18 heavy (non-hydrogen) atoms. The molecule has 1 heterocycles. The van der Waals surface area contributed by atoms with E-state index in [4.69, 9.17) is 4.98 Å². The predicted molar refractivity (Wildman–Crippen MR) is 76.8 cm³/mol. The highest BCUT2D eigenvalue weighted by Gasteiger charge is 2.16. The number of fused-ring (bicyclic) bond motifs is 1. The van der Waals surface area contributed by atoms with Crippen LogP contribution in [0.1, 0.15) is 26.6 Å². The Kier molecular flexibility index (Phi) is 4.02. The molecule has 0 fully saturated rings. The molecule has 2 aromatic rings. The van der Waals surface area contributed by atoms with Gasteiger partial charge in [0.2, 0.25) is 0 Å². The van der Waals surface area contributed by atoms with E-state index < -0.39 is 0 Å². The van der Waals surface area contributed by atoms with Crippen LogP contribution in [0.2, 0.25) is 0 Å². The number of hydrogen-bond donors (Lipinski definition) is 1. The predicted octanol–water partition coefficient (Wildman–Crippen LogP) is 2.84. The van der Waals surface area contributed by atoms with Gasteiger partial charge in [-0.15, -0.1) is 0 Å². The van der Waals surface area contributed by atoms with E-state index in [9.17, 15) is 0 Å². The molecule has 1 unspecified atom stereocenters. The molecular weight excluding hydrogens is 222 g/mol. The fourth-order valence-electron chi connectivity index (χ4n) is 2.50. The molecule has 0 spiro atoms. The maximum Gasteiger partial charge on any atom is 0.111 e. The van der Waals surface area contributed by atoms with Gasteiger partial charge in [0.1, 0.15) is 5.82 Å². The highest BCUT2D eigenvalue weighted by atomic mass is 15.1. The van der Waals surface area contributed by atoms with Crippen molar-refractivity contribution in [3.05, 3.63) is 30.1 Å². The van der Waals surface area contributed by atoms with Gasteiger partial charge in [0.25, 0.3) is 0 Å². The van der Waals surface area contributed by atoms with Crippen LogP contribution in [0.25, 0.3) is 11.0 Å². The molecule has 0 aliphatic carbocycles. The second-order valence-electron chi connectivity index (χ2n) is 5.10. The maximum atomic E-state index is 4.78. The molecule has 1 atom stereocenters. The van der Waals surface area contributed by atoms with E-state index in [1.54, 1.807) is 0 Å². The molecular formula is C15H23N3. The summed E-state index contributed by atoms with van der Waals surface area (Å²) in [5.41, 5.74) is 2.35. The minimum Gasteiger partial charge on any atom is -0.328 e. The fourth-order valence-corrected chi connectivity index (χ4v) is 2.50. The summed E-state index contributed by atoms with van der Waals surface area (Å²) in [4.78, 5) is 4.78. The molecule has 0 saturated heterocycles. The normalized spacial score (nSPS) is 13.4. The summed E-state index contributed by atoms with van der Waals surface area (Å²) in [6.45, 7) is 7.66. The molecule has 1 aromatic carbocycles. The SMILES string of the molecule is CCn1c(CC(NC)C(C)C)nc2ccccc21. The molecule has 0 aliphatic heterocycles. The van der Waals surface area contributed by atoms with Crippen LogP contribution in [0.4, 0.5) is 0 Å². The van der Waals surface area contributed by atoms with Gasteiger partial charge in [0.05, 0.1) is 11.0 Å². The van der Waals surface area contributed by atoms with Crippen LogP contribution in [0.15, 0.2) is 24.3 Å². The number of benzene rings is 1. The zero-order chi connectivity index (χ0) is 13.1. The molecule has 0 radical (unpaired) electrons. The summed E-state index contributed by atoms with van der Waals surface area (Å²) in [6.07, 6.45) is 0.983. The monoisotopic (exact) mass is 245 g/mol. The van der Waals surface area contributed by atoms with E-state index in [0.717, 1.165) is 18.5 Å². The molecule has 1 N–H and O–H groups in total. The second kappa shape index (κ2) is 5.53. The van der Waals surface area contributed by atoms with Gasteiger partial charge < -0.3 is 9.88 Å². The van der Waals surface area contributed by atoms with Crippen LogP contribution in [0, 0.1) is 5.92 Å². The van der Waals surface area contributed by atoms with Gasteiger partial charge in [-0.2, -0.15) is 0 Å². The van der Waals surface area contributed by atoms with Gasteiger partial charge in [-0.25, -0.2) is 4.98 Å². The van der Waals surface area contributed by atoms with Crippen LogP contribution in [-0.4, -0.2) is 22.6 Å². The van der Waals surface area contributed by atoms with Crippen molar-refractivity contribution in [2.24, 2.45) is 5.92 Å². The Labute approximate surface area is 109 Å². The lowest BCUT2D eigenvalue weighted by Crippen LogP contribution is -2.33. The topological polar surface area (TPSA) is 29.9 Å². The smallest absolute Gasteiger partial charge is 0.111 e. The number of para-hydroxylation sites is 2. The van der Waals surface area contributed by atoms with E-state index in [1.165, 1.54) is 11.3 Å². The van der Waals surface area contributed by atoms with Gasteiger partial charge in [0.15, 0.2) is 0 Å². The van der Waals surface area contributed by atoms with Crippen molar-refractivity contribution in [3.63, 3.8) is 0 Å². The van der Waals surface area contributed by atoms with Gasteiger partial charge in [0, 0.05) is 19.0 Å². The first-order valence-corrected chi connectivity index (χ1v) is 6.78. The lowest BCUT2D eigenvalue weighted by atomic mass is 10.0. The quantitative estimate of drug-likeness (QED) is 0.878. The van der Waals surface area contributed by atoms with Crippen molar-refractivity contribution in [2.45, 2.75) is 39.8 Å². The summed E-state index contributed by atoms with van der Waals surface area (Å²) >= 11 is 0. The summed E-state index contributed by atoms with van der Waals surface area (Å²) in [6, 6.07) is 8.86. The first-order chi connectivity index (χ1) is 8.67. The van der Waals surface area contributed by atoms with Crippen LogP contribution in [0.5, 0.6) is 0 Å². The Morgan fingerprint density at radius 2 is 2.00 bits per heavy atom.